The zero-order valence-corrected chi connectivity index (χ0v) is 8.16. The molecule has 1 rings (SSSR count). The topological polar surface area (TPSA) is 55.4 Å². The largest absolute Gasteiger partial charge is 0.466 e. The van der Waals surface area contributed by atoms with E-state index in [-0.39, 0.29) is 29.8 Å². The molecule has 1 amide bonds. The van der Waals surface area contributed by atoms with Gasteiger partial charge in [-0.1, -0.05) is 6.92 Å². The SMILES string of the molecule is CCOC(=O)C1C(C)NC(=O)C1C. The molecule has 1 heterocycles. The number of rotatable bonds is 2. The van der Waals surface area contributed by atoms with Crippen LogP contribution in [-0.2, 0) is 14.3 Å². The Bertz CT molecular complexity index is 227. The van der Waals surface area contributed by atoms with Crippen molar-refractivity contribution in [1.82, 2.24) is 5.32 Å². The lowest BCUT2D eigenvalue weighted by Crippen LogP contribution is -2.31. The van der Waals surface area contributed by atoms with Crippen LogP contribution in [0.1, 0.15) is 20.8 Å². The number of carbonyl (C=O) groups is 2. The molecule has 3 atom stereocenters. The Labute approximate surface area is 77.6 Å². The normalized spacial score (nSPS) is 32.8. The quantitative estimate of drug-likeness (QED) is 0.630. The van der Waals surface area contributed by atoms with Crippen LogP contribution in [0.15, 0.2) is 0 Å². The summed E-state index contributed by atoms with van der Waals surface area (Å²) in [7, 11) is 0. The van der Waals surface area contributed by atoms with E-state index in [2.05, 4.69) is 5.32 Å². The first kappa shape index (κ1) is 10.0. The lowest BCUT2D eigenvalue weighted by atomic mass is 9.93. The van der Waals surface area contributed by atoms with Crippen molar-refractivity contribution in [2.45, 2.75) is 26.8 Å². The minimum Gasteiger partial charge on any atom is -0.466 e. The van der Waals surface area contributed by atoms with Crippen molar-refractivity contribution in [1.29, 1.82) is 0 Å². The summed E-state index contributed by atoms with van der Waals surface area (Å²) >= 11 is 0. The van der Waals surface area contributed by atoms with Crippen LogP contribution in [0.4, 0.5) is 0 Å². The highest BCUT2D eigenvalue weighted by Crippen LogP contribution is 2.24. The maximum absolute atomic E-state index is 11.4. The molecule has 1 N–H and O–H groups in total. The van der Waals surface area contributed by atoms with E-state index >= 15 is 0 Å². The summed E-state index contributed by atoms with van der Waals surface area (Å²) in [6.07, 6.45) is 0. The average molecular weight is 185 g/mol. The molecule has 3 unspecified atom stereocenters. The molecule has 0 spiro atoms. The standard InChI is InChI=1S/C9H15NO3/c1-4-13-9(12)7-5(2)8(11)10-6(7)3/h5-7H,4H2,1-3H3,(H,10,11). The molecule has 1 aliphatic heterocycles. The van der Waals surface area contributed by atoms with Crippen LogP contribution in [0.2, 0.25) is 0 Å². The number of esters is 1. The van der Waals surface area contributed by atoms with Crippen molar-refractivity contribution < 1.29 is 14.3 Å². The first-order chi connectivity index (χ1) is 6.07. The van der Waals surface area contributed by atoms with Gasteiger partial charge in [-0.3, -0.25) is 9.59 Å². The minimum absolute atomic E-state index is 0.0643. The fourth-order valence-electron chi connectivity index (χ4n) is 1.69. The third-order valence-corrected chi connectivity index (χ3v) is 2.42. The highest BCUT2D eigenvalue weighted by Gasteiger charge is 2.42. The molecule has 0 saturated carbocycles. The highest BCUT2D eigenvalue weighted by molar-refractivity contribution is 5.89. The van der Waals surface area contributed by atoms with Crippen molar-refractivity contribution in [3.05, 3.63) is 0 Å². The van der Waals surface area contributed by atoms with Crippen LogP contribution in [0.5, 0.6) is 0 Å². The van der Waals surface area contributed by atoms with E-state index in [0.717, 1.165) is 0 Å². The predicted octanol–water partition coefficient (Wildman–Crippen LogP) is 0.320. The Morgan fingerprint density at radius 1 is 1.54 bits per heavy atom. The van der Waals surface area contributed by atoms with Crippen molar-refractivity contribution in [3.8, 4) is 0 Å². The lowest BCUT2D eigenvalue weighted by molar-refractivity contribution is -0.150. The number of hydrogen-bond donors (Lipinski definition) is 1. The number of amides is 1. The Balaban J connectivity index is 2.68. The van der Waals surface area contributed by atoms with Gasteiger partial charge in [0, 0.05) is 6.04 Å². The average Bonchev–Trinajstić information content (AvgIpc) is 2.27. The van der Waals surface area contributed by atoms with Crippen LogP contribution in [-0.4, -0.2) is 24.5 Å². The molecular weight excluding hydrogens is 170 g/mol. The van der Waals surface area contributed by atoms with E-state index < -0.39 is 0 Å². The Kier molecular flexibility index (Phi) is 2.90. The Hall–Kier alpha value is -1.06. The second-order valence-electron chi connectivity index (χ2n) is 3.36. The molecule has 0 aliphatic carbocycles. The van der Waals surface area contributed by atoms with Crippen LogP contribution >= 0.6 is 0 Å². The van der Waals surface area contributed by atoms with Gasteiger partial charge in [0.05, 0.1) is 18.4 Å². The molecule has 0 aromatic rings. The first-order valence-corrected chi connectivity index (χ1v) is 4.55. The molecule has 4 heteroatoms. The zero-order valence-electron chi connectivity index (χ0n) is 8.16. The molecular formula is C9H15NO3. The van der Waals surface area contributed by atoms with Gasteiger partial charge >= 0.3 is 5.97 Å². The summed E-state index contributed by atoms with van der Waals surface area (Å²) < 4.78 is 4.88. The van der Waals surface area contributed by atoms with E-state index in [1.165, 1.54) is 0 Å². The second kappa shape index (κ2) is 3.77. The molecule has 13 heavy (non-hydrogen) atoms. The number of carbonyl (C=O) groups excluding carboxylic acids is 2. The maximum Gasteiger partial charge on any atom is 0.311 e. The highest BCUT2D eigenvalue weighted by atomic mass is 16.5. The molecule has 1 aliphatic rings. The first-order valence-electron chi connectivity index (χ1n) is 4.55. The monoisotopic (exact) mass is 185 g/mol. The number of ether oxygens (including phenoxy) is 1. The number of nitrogens with one attached hydrogen (secondary N) is 1. The molecule has 0 aromatic heterocycles. The third kappa shape index (κ3) is 1.82. The van der Waals surface area contributed by atoms with Gasteiger partial charge in [0.1, 0.15) is 0 Å². The molecule has 0 aromatic carbocycles. The Morgan fingerprint density at radius 2 is 2.15 bits per heavy atom. The number of hydrogen-bond acceptors (Lipinski definition) is 3. The van der Waals surface area contributed by atoms with Crippen molar-refractivity contribution >= 4 is 11.9 Å². The molecule has 0 radical (unpaired) electrons. The summed E-state index contributed by atoms with van der Waals surface area (Å²) in [4.78, 5) is 22.6. The van der Waals surface area contributed by atoms with Crippen LogP contribution < -0.4 is 5.32 Å². The summed E-state index contributed by atoms with van der Waals surface area (Å²) in [5.74, 6) is -0.937. The summed E-state index contributed by atoms with van der Waals surface area (Å²) in [6, 6.07) is -0.110. The van der Waals surface area contributed by atoms with Crippen molar-refractivity contribution in [2.24, 2.45) is 11.8 Å². The molecule has 4 nitrogen and oxygen atoms in total. The summed E-state index contributed by atoms with van der Waals surface area (Å²) in [5, 5.41) is 2.72. The maximum atomic E-state index is 11.4. The van der Waals surface area contributed by atoms with E-state index in [1.54, 1.807) is 13.8 Å². The van der Waals surface area contributed by atoms with E-state index in [4.69, 9.17) is 4.74 Å². The summed E-state index contributed by atoms with van der Waals surface area (Å²) in [5.41, 5.74) is 0. The summed E-state index contributed by atoms with van der Waals surface area (Å²) in [6.45, 7) is 5.70. The van der Waals surface area contributed by atoms with Gasteiger partial charge in [-0.15, -0.1) is 0 Å². The predicted molar refractivity (Wildman–Crippen MR) is 46.9 cm³/mol. The van der Waals surface area contributed by atoms with Crippen LogP contribution in [0.3, 0.4) is 0 Å². The van der Waals surface area contributed by atoms with Crippen molar-refractivity contribution in [3.63, 3.8) is 0 Å². The van der Waals surface area contributed by atoms with E-state index in [9.17, 15) is 9.59 Å². The molecule has 74 valence electrons. The van der Waals surface area contributed by atoms with Gasteiger partial charge in [-0.25, -0.2) is 0 Å². The third-order valence-electron chi connectivity index (χ3n) is 2.42. The zero-order chi connectivity index (χ0) is 10.0. The van der Waals surface area contributed by atoms with Gasteiger partial charge in [-0.2, -0.15) is 0 Å². The molecule has 0 bridgehead atoms. The van der Waals surface area contributed by atoms with Gasteiger partial charge < -0.3 is 10.1 Å². The van der Waals surface area contributed by atoms with Crippen molar-refractivity contribution in [2.75, 3.05) is 6.61 Å². The lowest BCUT2D eigenvalue weighted by Gasteiger charge is -2.15. The van der Waals surface area contributed by atoms with E-state index in [0.29, 0.717) is 6.61 Å². The van der Waals surface area contributed by atoms with Crippen LogP contribution in [0.25, 0.3) is 0 Å². The van der Waals surface area contributed by atoms with Gasteiger partial charge in [0.2, 0.25) is 5.91 Å². The van der Waals surface area contributed by atoms with E-state index in [1.807, 2.05) is 6.92 Å². The van der Waals surface area contributed by atoms with Gasteiger partial charge in [0.25, 0.3) is 0 Å². The molecule has 1 saturated heterocycles. The van der Waals surface area contributed by atoms with Gasteiger partial charge in [0.15, 0.2) is 0 Å². The fourth-order valence-corrected chi connectivity index (χ4v) is 1.69. The minimum atomic E-state index is -0.326. The second-order valence-corrected chi connectivity index (χ2v) is 3.36. The smallest absolute Gasteiger partial charge is 0.311 e. The Morgan fingerprint density at radius 3 is 2.54 bits per heavy atom. The fraction of sp³-hybridized carbons (Fsp3) is 0.778. The van der Waals surface area contributed by atoms with Gasteiger partial charge in [-0.05, 0) is 13.8 Å². The molecule has 1 fully saturated rings. The van der Waals surface area contributed by atoms with Crippen LogP contribution in [0, 0.1) is 11.8 Å².